The molecule has 0 aromatic carbocycles. The maximum atomic E-state index is 9.85. The Morgan fingerprint density at radius 2 is 2.09 bits per heavy atom. The van der Waals surface area contributed by atoms with Gasteiger partial charge in [0.25, 0.3) is 0 Å². The second-order valence-corrected chi connectivity index (χ2v) is 6.70. The topological polar surface area (TPSA) is 40.8 Å². The summed E-state index contributed by atoms with van der Waals surface area (Å²) < 4.78 is 2.15. The van der Waals surface area contributed by atoms with Gasteiger partial charge < -0.3 is 9.51 Å². The van der Waals surface area contributed by atoms with Gasteiger partial charge in [-0.2, -0.15) is 0 Å². The molecule has 2 aromatic heterocycles. The van der Waals surface area contributed by atoms with Crippen LogP contribution in [0.4, 0.5) is 0 Å². The van der Waals surface area contributed by atoms with Gasteiger partial charge in [0, 0.05) is 31.0 Å². The van der Waals surface area contributed by atoms with Crippen molar-refractivity contribution in [3.05, 3.63) is 35.8 Å². The minimum atomic E-state index is -0.291. The summed E-state index contributed by atoms with van der Waals surface area (Å²) in [4.78, 5) is 7.19. The Balaban J connectivity index is 1.79. The van der Waals surface area contributed by atoms with Crippen LogP contribution in [0, 0.1) is 6.92 Å². The summed E-state index contributed by atoms with van der Waals surface area (Å²) in [7, 11) is 0. The van der Waals surface area contributed by atoms with Gasteiger partial charge in [0.2, 0.25) is 0 Å². The zero-order chi connectivity index (χ0) is 15.5. The molecule has 0 bridgehead atoms. The number of aryl methyl sites for hydroxylation is 1. The van der Waals surface area contributed by atoms with E-state index in [1.165, 1.54) is 37.8 Å². The first-order valence-corrected chi connectivity index (χ1v) is 8.49. The van der Waals surface area contributed by atoms with E-state index in [1.807, 2.05) is 6.92 Å². The van der Waals surface area contributed by atoms with Crippen LogP contribution in [-0.2, 0) is 6.54 Å². The van der Waals surface area contributed by atoms with E-state index in [-0.39, 0.29) is 6.10 Å². The summed E-state index contributed by atoms with van der Waals surface area (Å²) in [5, 5.41) is 9.85. The highest BCUT2D eigenvalue weighted by atomic mass is 16.3. The highest BCUT2D eigenvalue weighted by Gasteiger charge is 2.23. The molecule has 0 amide bonds. The molecule has 2 aromatic rings. The molecule has 1 atom stereocenters. The van der Waals surface area contributed by atoms with Crippen LogP contribution in [0.15, 0.2) is 24.4 Å². The Morgan fingerprint density at radius 1 is 1.32 bits per heavy atom. The van der Waals surface area contributed by atoms with Crippen molar-refractivity contribution in [2.75, 3.05) is 6.54 Å². The summed E-state index contributed by atoms with van der Waals surface area (Å²) in [5.41, 5.74) is 3.31. The number of aromatic nitrogens is 2. The van der Waals surface area contributed by atoms with Crippen molar-refractivity contribution in [3.8, 4) is 0 Å². The lowest BCUT2D eigenvalue weighted by Crippen LogP contribution is -2.40. The van der Waals surface area contributed by atoms with E-state index in [4.69, 9.17) is 4.98 Å². The predicted molar refractivity (Wildman–Crippen MR) is 88.9 cm³/mol. The Hall–Kier alpha value is -1.39. The first-order valence-electron chi connectivity index (χ1n) is 8.49. The van der Waals surface area contributed by atoms with Crippen LogP contribution in [0.5, 0.6) is 0 Å². The number of hydrogen-bond donors (Lipinski definition) is 1. The SMILES string of the molecule is Cc1cccc2nc(CN(CC(C)O)C3CCCCC3)cn12. The first-order chi connectivity index (χ1) is 10.6. The number of aliphatic hydroxyl groups excluding tert-OH is 1. The molecule has 0 saturated heterocycles. The fourth-order valence-electron chi connectivity index (χ4n) is 3.61. The zero-order valence-electron chi connectivity index (χ0n) is 13.7. The van der Waals surface area contributed by atoms with Crippen LogP contribution in [0.3, 0.4) is 0 Å². The Morgan fingerprint density at radius 3 is 2.77 bits per heavy atom. The van der Waals surface area contributed by atoms with Crippen LogP contribution < -0.4 is 0 Å². The van der Waals surface area contributed by atoms with Gasteiger partial charge in [-0.05, 0) is 38.8 Å². The van der Waals surface area contributed by atoms with Crippen LogP contribution in [0.25, 0.3) is 5.65 Å². The number of rotatable bonds is 5. The molecule has 3 rings (SSSR count). The van der Waals surface area contributed by atoms with Crippen molar-refractivity contribution in [2.24, 2.45) is 0 Å². The monoisotopic (exact) mass is 301 g/mol. The normalized spacial score (nSPS) is 18.2. The second kappa shape index (κ2) is 6.80. The molecule has 0 aliphatic heterocycles. The molecule has 1 N–H and O–H groups in total. The smallest absolute Gasteiger partial charge is 0.137 e. The average molecular weight is 301 g/mol. The third-order valence-electron chi connectivity index (χ3n) is 4.70. The highest BCUT2D eigenvalue weighted by molar-refractivity contribution is 5.41. The van der Waals surface area contributed by atoms with E-state index in [9.17, 15) is 5.11 Å². The first kappa shape index (κ1) is 15.5. The van der Waals surface area contributed by atoms with Gasteiger partial charge >= 0.3 is 0 Å². The molecular weight excluding hydrogens is 274 g/mol. The van der Waals surface area contributed by atoms with E-state index in [0.717, 1.165) is 24.4 Å². The Kier molecular flexibility index (Phi) is 4.79. The van der Waals surface area contributed by atoms with Gasteiger partial charge in [0.1, 0.15) is 5.65 Å². The molecule has 1 fully saturated rings. The number of pyridine rings is 1. The van der Waals surface area contributed by atoms with E-state index in [0.29, 0.717) is 6.04 Å². The fraction of sp³-hybridized carbons (Fsp3) is 0.611. The van der Waals surface area contributed by atoms with Gasteiger partial charge in [-0.15, -0.1) is 0 Å². The fourth-order valence-corrected chi connectivity index (χ4v) is 3.61. The van der Waals surface area contributed by atoms with Crippen molar-refractivity contribution in [2.45, 2.75) is 64.6 Å². The maximum absolute atomic E-state index is 9.85. The van der Waals surface area contributed by atoms with Crippen molar-refractivity contribution in [1.82, 2.24) is 14.3 Å². The minimum absolute atomic E-state index is 0.291. The molecule has 120 valence electrons. The summed E-state index contributed by atoms with van der Waals surface area (Å²) in [6.45, 7) is 5.55. The van der Waals surface area contributed by atoms with Gasteiger partial charge in [-0.25, -0.2) is 4.98 Å². The molecule has 1 aliphatic rings. The van der Waals surface area contributed by atoms with Gasteiger partial charge in [0.05, 0.1) is 11.8 Å². The second-order valence-electron chi connectivity index (χ2n) is 6.70. The average Bonchev–Trinajstić information content (AvgIpc) is 2.91. The molecule has 0 radical (unpaired) electrons. The van der Waals surface area contributed by atoms with Crippen molar-refractivity contribution < 1.29 is 5.11 Å². The Labute approximate surface area is 132 Å². The number of aliphatic hydroxyl groups is 1. The molecule has 1 unspecified atom stereocenters. The third kappa shape index (κ3) is 3.50. The van der Waals surface area contributed by atoms with E-state index >= 15 is 0 Å². The minimum Gasteiger partial charge on any atom is -0.392 e. The van der Waals surface area contributed by atoms with Crippen molar-refractivity contribution in [3.63, 3.8) is 0 Å². The lowest BCUT2D eigenvalue weighted by molar-refractivity contribution is 0.0761. The van der Waals surface area contributed by atoms with E-state index < -0.39 is 0 Å². The number of imidazole rings is 1. The van der Waals surface area contributed by atoms with Gasteiger partial charge in [-0.3, -0.25) is 4.90 Å². The Bertz CT molecular complexity index is 614. The lowest BCUT2D eigenvalue weighted by Gasteiger charge is -2.34. The number of fused-ring (bicyclic) bond motifs is 1. The molecule has 1 saturated carbocycles. The maximum Gasteiger partial charge on any atom is 0.137 e. The van der Waals surface area contributed by atoms with Gasteiger partial charge in [-0.1, -0.05) is 25.3 Å². The molecule has 4 nitrogen and oxygen atoms in total. The molecule has 1 aliphatic carbocycles. The highest BCUT2D eigenvalue weighted by Crippen LogP contribution is 2.24. The third-order valence-corrected chi connectivity index (χ3v) is 4.70. The molecule has 0 spiro atoms. The van der Waals surface area contributed by atoms with Gasteiger partial charge in [0.15, 0.2) is 0 Å². The van der Waals surface area contributed by atoms with Crippen LogP contribution in [0.1, 0.15) is 50.4 Å². The summed E-state index contributed by atoms with van der Waals surface area (Å²) in [6, 6.07) is 6.80. The lowest BCUT2D eigenvalue weighted by atomic mass is 9.94. The van der Waals surface area contributed by atoms with Crippen LogP contribution in [0.2, 0.25) is 0 Å². The van der Waals surface area contributed by atoms with Crippen molar-refractivity contribution >= 4 is 5.65 Å². The number of nitrogens with zero attached hydrogens (tertiary/aromatic N) is 3. The van der Waals surface area contributed by atoms with E-state index in [2.05, 4.69) is 40.6 Å². The summed E-state index contributed by atoms with van der Waals surface area (Å²) in [5.74, 6) is 0. The largest absolute Gasteiger partial charge is 0.392 e. The zero-order valence-corrected chi connectivity index (χ0v) is 13.7. The molecule has 2 heterocycles. The summed E-state index contributed by atoms with van der Waals surface area (Å²) in [6.07, 6.45) is 8.32. The summed E-state index contributed by atoms with van der Waals surface area (Å²) >= 11 is 0. The van der Waals surface area contributed by atoms with Crippen LogP contribution >= 0.6 is 0 Å². The van der Waals surface area contributed by atoms with Crippen LogP contribution in [-0.4, -0.2) is 38.1 Å². The molecule has 22 heavy (non-hydrogen) atoms. The standard InChI is InChI=1S/C18H27N3O/c1-14-7-6-10-18-19-16(13-21(14)18)12-20(11-15(2)22)17-8-4-3-5-9-17/h6-7,10,13,15,17,22H,3-5,8-9,11-12H2,1-2H3. The molecule has 4 heteroatoms. The predicted octanol–water partition coefficient (Wildman–Crippen LogP) is 3.16. The van der Waals surface area contributed by atoms with Crippen molar-refractivity contribution in [1.29, 1.82) is 0 Å². The molecular formula is C18H27N3O. The quantitative estimate of drug-likeness (QED) is 0.922. The number of hydrogen-bond acceptors (Lipinski definition) is 3. The van der Waals surface area contributed by atoms with E-state index in [1.54, 1.807) is 0 Å².